The van der Waals surface area contributed by atoms with Crippen molar-refractivity contribution in [2.24, 2.45) is 0 Å². The molecule has 0 bridgehead atoms. The zero-order valence-corrected chi connectivity index (χ0v) is 18.2. The summed E-state index contributed by atoms with van der Waals surface area (Å²) in [6.07, 6.45) is 2.68. The molecule has 2 atom stereocenters. The van der Waals surface area contributed by atoms with Gasteiger partial charge in [0.1, 0.15) is 11.9 Å². The Morgan fingerprint density at radius 2 is 1.97 bits per heavy atom. The van der Waals surface area contributed by atoms with E-state index in [-0.39, 0.29) is 46.6 Å². The molecule has 4 rings (SSSR count). The fraction of sp³-hybridized carbons (Fsp3) is 0.368. The van der Waals surface area contributed by atoms with Gasteiger partial charge in [0.2, 0.25) is 15.7 Å². The predicted molar refractivity (Wildman–Crippen MR) is 108 cm³/mol. The van der Waals surface area contributed by atoms with Crippen LogP contribution in [0.5, 0.6) is 0 Å². The van der Waals surface area contributed by atoms with E-state index in [0.29, 0.717) is 0 Å². The van der Waals surface area contributed by atoms with Crippen molar-refractivity contribution in [1.29, 1.82) is 0 Å². The molecule has 3 heterocycles. The summed E-state index contributed by atoms with van der Waals surface area (Å²) in [4.78, 5) is 34.0. The Bertz CT molecular complexity index is 1190. The lowest BCUT2D eigenvalue weighted by atomic mass is 9.98. The van der Waals surface area contributed by atoms with Crippen molar-refractivity contribution >= 4 is 44.9 Å². The van der Waals surface area contributed by atoms with Gasteiger partial charge >= 0.3 is 5.97 Å². The van der Waals surface area contributed by atoms with Gasteiger partial charge in [-0.1, -0.05) is 23.2 Å². The number of carbonyl (C=O) groups is 2. The van der Waals surface area contributed by atoms with E-state index in [1.165, 1.54) is 24.5 Å². The molecule has 1 aliphatic heterocycles. The topological polar surface area (TPSA) is 118 Å². The van der Waals surface area contributed by atoms with E-state index in [4.69, 9.17) is 23.2 Å². The third-order valence-electron chi connectivity index (χ3n) is 5.66. The summed E-state index contributed by atoms with van der Waals surface area (Å²) in [5, 5.41) is 8.03. The second-order valence-electron chi connectivity index (χ2n) is 7.57. The van der Waals surface area contributed by atoms with Crippen LogP contribution in [0, 0.1) is 5.82 Å². The predicted octanol–water partition coefficient (Wildman–Crippen LogP) is 2.48. The standard InChI is InChI=1S/C19H16Cl2FN3O5S/c20-10-6-13(22)15(24-8-10)19(3-4-19)18(28)25-9-11(7-14(25)17(26)27)31(29,30)16-12(21)2-1-5-23-16/h1-2,5-6,8,11,14H,3-4,7,9H2,(H,26,27)/t11-,14+/m1/s1. The highest BCUT2D eigenvalue weighted by Crippen LogP contribution is 2.51. The molecular formula is C19H16Cl2FN3O5S. The van der Waals surface area contributed by atoms with E-state index in [0.717, 1.165) is 11.0 Å². The Labute approximate surface area is 186 Å². The molecule has 0 aromatic carbocycles. The number of carboxylic acid groups (broad SMARTS) is 1. The van der Waals surface area contributed by atoms with E-state index in [9.17, 15) is 27.5 Å². The Kier molecular flexibility index (Phi) is 5.43. The first-order chi connectivity index (χ1) is 14.6. The minimum absolute atomic E-state index is 0.0625. The fourth-order valence-electron chi connectivity index (χ4n) is 3.94. The highest BCUT2D eigenvalue weighted by molar-refractivity contribution is 7.92. The lowest BCUT2D eigenvalue weighted by Gasteiger charge is -2.26. The molecule has 1 saturated heterocycles. The quantitative estimate of drug-likeness (QED) is 0.687. The molecule has 1 aliphatic carbocycles. The van der Waals surface area contributed by atoms with Gasteiger partial charge in [0.25, 0.3) is 0 Å². The summed E-state index contributed by atoms with van der Waals surface area (Å²) < 4.78 is 40.6. The van der Waals surface area contributed by atoms with Crippen LogP contribution in [0.25, 0.3) is 0 Å². The van der Waals surface area contributed by atoms with Crippen LogP contribution >= 0.6 is 23.2 Å². The van der Waals surface area contributed by atoms with Crippen LogP contribution in [0.2, 0.25) is 10.0 Å². The first-order valence-electron chi connectivity index (χ1n) is 9.28. The molecule has 0 radical (unpaired) electrons. The summed E-state index contributed by atoms with van der Waals surface area (Å²) in [6.45, 7) is -0.373. The number of aromatic nitrogens is 2. The number of sulfone groups is 1. The van der Waals surface area contributed by atoms with Gasteiger partial charge in [-0.15, -0.1) is 0 Å². The molecule has 31 heavy (non-hydrogen) atoms. The molecule has 0 spiro atoms. The van der Waals surface area contributed by atoms with Crippen molar-refractivity contribution in [2.75, 3.05) is 6.54 Å². The minimum atomic E-state index is -4.11. The summed E-state index contributed by atoms with van der Waals surface area (Å²) in [5.41, 5.74) is -1.45. The summed E-state index contributed by atoms with van der Waals surface area (Å²) in [5.74, 6) is -2.79. The number of carboxylic acids is 1. The molecule has 2 aromatic rings. The number of aliphatic carboxylic acids is 1. The van der Waals surface area contributed by atoms with Crippen LogP contribution in [-0.4, -0.2) is 58.1 Å². The van der Waals surface area contributed by atoms with Crippen LogP contribution in [0.4, 0.5) is 4.39 Å². The van der Waals surface area contributed by atoms with E-state index in [1.807, 2.05) is 0 Å². The number of halogens is 3. The van der Waals surface area contributed by atoms with Crippen LogP contribution < -0.4 is 0 Å². The van der Waals surface area contributed by atoms with Gasteiger partial charge in [-0.05, 0) is 37.5 Å². The number of pyridine rings is 2. The maximum absolute atomic E-state index is 14.5. The first-order valence-corrected chi connectivity index (χ1v) is 11.6. The van der Waals surface area contributed by atoms with Crippen molar-refractivity contribution < 1.29 is 27.5 Å². The van der Waals surface area contributed by atoms with Gasteiger partial charge in [-0.2, -0.15) is 0 Å². The molecule has 1 saturated carbocycles. The first kappa shape index (κ1) is 21.9. The maximum Gasteiger partial charge on any atom is 0.326 e. The van der Waals surface area contributed by atoms with Crippen molar-refractivity contribution in [3.05, 3.63) is 52.1 Å². The molecule has 12 heteroatoms. The average Bonchev–Trinajstić information content (AvgIpc) is 3.37. The average molecular weight is 488 g/mol. The molecule has 0 unspecified atom stereocenters. The van der Waals surface area contributed by atoms with Gasteiger partial charge in [-0.25, -0.2) is 22.6 Å². The Morgan fingerprint density at radius 1 is 1.26 bits per heavy atom. The molecule has 8 nitrogen and oxygen atoms in total. The maximum atomic E-state index is 14.5. The largest absolute Gasteiger partial charge is 0.480 e. The van der Waals surface area contributed by atoms with Gasteiger partial charge in [0, 0.05) is 18.9 Å². The van der Waals surface area contributed by atoms with Crippen LogP contribution in [-0.2, 0) is 24.8 Å². The number of likely N-dealkylation sites (tertiary alicyclic amines) is 1. The highest BCUT2D eigenvalue weighted by Gasteiger charge is 2.59. The second kappa shape index (κ2) is 7.68. The Hall–Kier alpha value is -2.30. The highest BCUT2D eigenvalue weighted by atomic mass is 35.5. The molecule has 1 N–H and O–H groups in total. The molecule has 2 aliphatic rings. The van der Waals surface area contributed by atoms with Crippen molar-refractivity contribution in [3.8, 4) is 0 Å². The van der Waals surface area contributed by atoms with Gasteiger partial charge in [0.05, 0.1) is 26.4 Å². The monoisotopic (exact) mass is 487 g/mol. The summed E-state index contributed by atoms with van der Waals surface area (Å²) >= 11 is 11.7. The van der Waals surface area contributed by atoms with Crippen molar-refractivity contribution in [2.45, 2.75) is 41.0 Å². The molecule has 2 fully saturated rings. The van der Waals surface area contributed by atoms with Crippen LogP contribution in [0.3, 0.4) is 0 Å². The number of carbonyl (C=O) groups excluding carboxylic acids is 1. The zero-order chi connectivity index (χ0) is 22.6. The Morgan fingerprint density at radius 3 is 2.55 bits per heavy atom. The second-order valence-corrected chi connectivity index (χ2v) is 10.6. The molecule has 164 valence electrons. The fourth-order valence-corrected chi connectivity index (χ4v) is 6.18. The van der Waals surface area contributed by atoms with Crippen molar-refractivity contribution in [3.63, 3.8) is 0 Å². The van der Waals surface area contributed by atoms with Crippen LogP contribution in [0.15, 0.2) is 35.6 Å². The normalized spacial score (nSPS) is 22.4. The molecule has 1 amide bonds. The molecule has 2 aromatic heterocycles. The molecular weight excluding hydrogens is 472 g/mol. The van der Waals surface area contributed by atoms with Gasteiger partial charge in [-0.3, -0.25) is 9.78 Å². The van der Waals surface area contributed by atoms with Gasteiger partial charge in [0.15, 0.2) is 5.03 Å². The Balaban J connectivity index is 1.68. The number of hydrogen-bond donors (Lipinski definition) is 1. The van der Waals surface area contributed by atoms with Gasteiger partial charge < -0.3 is 10.0 Å². The lowest BCUT2D eigenvalue weighted by molar-refractivity contribution is -0.149. The third kappa shape index (κ3) is 3.66. The van der Waals surface area contributed by atoms with E-state index >= 15 is 0 Å². The SMILES string of the molecule is O=C(O)[C@@H]1C[C@@H](S(=O)(=O)c2ncccc2Cl)CN1C(=O)C1(c2ncc(Cl)cc2F)CC1. The van der Waals surface area contributed by atoms with E-state index in [2.05, 4.69) is 9.97 Å². The number of amides is 1. The third-order valence-corrected chi connectivity index (χ3v) is 8.37. The zero-order valence-electron chi connectivity index (χ0n) is 15.8. The van der Waals surface area contributed by atoms with Crippen molar-refractivity contribution in [1.82, 2.24) is 14.9 Å². The van der Waals surface area contributed by atoms with E-state index in [1.54, 1.807) is 0 Å². The number of nitrogens with zero attached hydrogens (tertiary/aromatic N) is 3. The lowest BCUT2D eigenvalue weighted by Crippen LogP contribution is -2.46. The summed E-state index contributed by atoms with van der Waals surface area (Å²) in [7, 11) is -4.11. The van der Waals surface area contributed by atoms with E-state index < -0.39 is 44.2 Å². The smallest absolute Gasteiger partial charge is 0.326 e. The minimum Gasteiger partial charge on any atom is -0.480 e. The number of rotatable bonds is 5. The number of hydrogen-bond acceptors (Lipinski definition) is 6. The summed E-state index contributed by atoms with van der Waals surface area (Å²) in [6, 6.07) is 2.48. The van der Waals surface area contributed by atoms with Crippen LogP contribution in [0.1, 0.15) is 25.0 Å².